The first-order chi connectivity index (χ1) is 7.24. The molecule has 2 aliphatic rings. The third-order valence-electron chi connectivity index (χ3n) is 4.14. The number of ether oxygens (including phenoxy) is 2. The van der Waals surface area contributed by atoms with Crippen LogP contribution in [0.15, 0.2) is 0 Å². The normalized spacial score (nSPS) is 42.6. The van der Waals surface area contributed by atoms with E-state index in [0.29, 0.717) is 18.1 Å². The highest BCUT2D eigenvalue weighted by Gasteiger charge is 2.37. The first-order valence-corrected chi connectivity index (χ1v) is 6.04. The van der Waals surface area contributed by atoms with E-state index in [-0.39, 0.29) is 0 Å². The van der Waals surface area contributed by atoms with E-state index >= 15 is 0 Å². The number of nitrogens with zero attached hydrogens (tertiary/aromatic N) is 1. The summed E-state index contributed by atoms with van der Waals surface area (Å²) < 4.78 is 10.9. The van der Waals surface area contributed by atoms with Crippen molar-refractivity contribution in [2.75, 3.05) is 27.3 Å². The van der Waals surface area contributed by atoms with Crippen LogP contribution in [0, 0.1) is 5.92 Å². The molecular weight excluding hydrogens is 190 g/mol. The summed E-state index contributed by atoms with van der Waals surface area (Å²) in [5.74, 6) is 0.713. The van der Waals surface area contributed by atoms with E-state index in [0.717, 1.165) is 12.6 Å². The minimum absolute atomic E-state index is 0.431. The SMILES string of the molecule is COC1CC(N2CC[C@@H](C)[C@@H](OC)C2)C1. The highest BCUT2D eigenvalue weighted by molar-refractivity contribution is 4.91. The minimum Gasteiger partial charge on any atom is -0.381 e. The fourth-order valence-electron chi connectivity index (χ4n) is 2.72. The van der Waals surface area contributed by atoms with Gasteiger partial charge in [-0.15, -0.1) is 0 Å². The van der Waals surface area contributed by atoms with Crippen molar-refractivity contribution in [2.24, 2.45) is 5.92 Å². The summed E-state index contributed by atoms with van der Waals surface area (Å²) in [5, 5.41) is 0. The van der Waals surface area contributed by atoms with Crippen LogP contribution in [-0.4, -0.2) is 50.5 Å². The maximum absolute atomic E-state index is 5.53. The number of methoxy groups -OCH3 is 2. The second kappa shape index (κ2) is 4.81. The van der Waals surface area contributed by atoms with Gasteiger partial charge in [0.2, 0.25) is 0 Å². The molecule has 0 aromatic carbocycles. The molecule has 0 amide bonds. The van der Waals surface area contributed by atoms with Gasteiger partial charge in [0.15, 0.2) is 0 Å². The topological polar surface area (TPSA) is 21.7 Å². The molecule has 3 nitrogen and oxygen atoms in total. The van der Waals surface area contributed by atoms with E-state index in [2.05, 4.69) is 11.8 Å². The molecule has 1 aliphatic carbocycles. The van der Waals surface area contributed by atoms with E-state index in [4.69, 9.17) is 9.47 Å². The summed E-state index contributed by atoms with van der Waals surface area (Å²) in [6, 6.07) is 0.750. The van der Waals surface area contributed by atoms with Crippen LogP contribution in [0.1, 0.15) is 26.2 Å². The lowest BCUT2D eigenvalue weighted by Gasteiger charge is -2.46. The maximum Gasteiger partial charge on any atom is 0.0724 e. The van der Waals surface area contributed by atoms with Crippen LogP contribution >= 0.6 is 0 Å². The number of likely N-dealkylation sites (tertiary alicyclic amines) is 1. The molecule has 2 fully saturated rings. The lowest BCUT2D eigenvalue weighted by Crippen LogP contribution is -2.54. The molecule has 2 rings (SSSR count). The Balaban J connectivity index is 1.80. The van der Waals surface area contributed by atoms with Crippen molar-refractivity contribution in [2.45, 2.75) is 44.4 Å². The Morgan fingerprint density at radius 3 is 2.47 bits per heavy atom. The number of piperidine rings is 1. The molecule has 0 radical (unpaired) electrons. The smallest absolute Gasteiger partial charge is 0.0724 e. The average molecular weight is 213 g/mol. The summed E-state index contributed by atoms with van der Waals surface area (Å²) in [6.07, 6.45) is 4.63. The molecule has 0 N–H and O–H groups in total. The minimum atomic E-state index is 0.431. The number of rotatable bonds is 3. The maximum atomic E-state index is 5.53. The molecule has 15 heavy (non-hydrogen) atoms. The second-order valence-corrected chi connectivity index (χ2v) is 5.02. The van der Waals surface area contributed by atoms with Gasteiger partial charge in [0.25, 0.3) is 0 Å². The molecule has 2 atom stereocenters. The highest BCUT2D eigenvalue weighted by atomic mass is 16.5. The third kappa shape index (κ3) is 2.35. The quantitative estimate of drug-likeness (QED) is 0.709. The predicted octanol–water partition coefficient (Wildman–Crippen LogP) is 1.52. The van der Waals surface area contributed by atoms with Gasteiger partial charge in [0, 0.05) is 26.8 Å². The summed E-state index contributed by atoms with van der Waals surface area (Å²) in [6.45, 7) is 4.64. The molecular formula is C12H23NO2. The third-order valence-corrected chi connectivity index (χ3v) is 4.14. The van der Waals surface area contributed by atoms with Gasteiger partial charge in [0.05, 0.1) is 12.2 Å². The molecule has 88 valence electrons. The fraction of sp³-hybridized carbons (Fsp3) is 1.00. The zero-order valence-corrected chi connectivity index (χ0v) is 10.1. The molecule has 1 heterocycles. The molecule has 1 aliphatic heterocycles. The van der Waals surface area contributed by atoms with Gasteiger partial charge in [-0.25, -0.2) is 0 Å². The summed E-state index contributed by atoms with van der Waals surface area (Å²) >= 11 is 0. The molecule has 0 unspecified atom stereocenters. The summed E-state index contributed by atoms with van der Waals surface area (Å²) in [7, 11) is 3.65. The molecule has 0 aromatic heterocycles. The van der Waals surface area contributed by atoms with Gasteiger partial charge in [-0.05, 0) is 31.7 Å². The molecule has 3 heteroatoms. The number of hydrogen-bond donors (Lipinski definition) is 0. The van der Waals surface area contributed by atoms with Crippen LogP contribution in [0.25, 0.3) is 0 Å². The van der Waals surface area contributed by atoms with E-state index in [1.165, 1.54) is 25.8 Å². The van der Waals surface area contributed by atoms with E-state index in [1.807, 2.05) is 14.2 Å². The Morgan fingerprint density at radius 2 is 1.87 bits per heavy atom. The Bertz CT molecular complexity index is 204. The monoisotopic (exact) mass is 213 g/mol. The molecule has 1 saturated carbocycles. The predicted molar refractivity (Wildman–Crippen MR) is 60.0 cm³/mol. The fourth-order valence-corrected chi connectivity index (χ4v) is 2.72. The molecule has 0 aromatic rings. The van der Waals surface area contributed by atoms with Crippen LogP contribution in [0.4, 0.5) is 0 Å². The van der Waals surface area contributed by atoms with Crippen LogP contribution in [0.2, 0.25) is 0 Å². The van der Waals surface area contributed by atoms with Crippen molar-refractivity contribution in [3.8, 4) is 0 Å². The van der Waals surface area contributed by atoms with Crippen molar-refractivity contribution < 1.29 is 9.47 Å². The zero-order valence-electron chi connectivity index (χ0n) is 10.1. The lowest BCUT2D eigenvalue weighted by atomic mass is 9.85. The Morgan fingerprint density at radius 1 is 1.13 bits per heavy atom. The lowest BCUT2D eigenvalue weighted by molar-refractivity contribution is -0.0710. The first kappa shape index (κ1) is 11.4. The van der Waals surface area contributed by atoms with Gasteiger partial charge >= 0.3 is 0 Å². The Labute approximate surface area is 92.7 Å². The average Bonchev–Trinajstić information content (AvgIpc) is 2.19. The van der Waals surface area contributed by atoms with Crippen LogP contribution in [0.5, 0.6) is 0 Å². The molecule has 0 bridgehead atoms. The summed E-state index contributed by atoms with van der Waals surface area (Å²) in [5.41, 5.74) is 0. The van der Waals surface area contributed by atoms with Gasteiger partial charge in [-0.2, -0.15) is 0 Å². The van der Waals surface area contributed by atoms with E-state index in [9.17, 15) is 0 Å². The van der Waals surface area contributed by atoms with Crippen molar-refractivity contribution in [3.63, 3.8) is 0 Å². The summed E-state index contributed by atoms with van der Waals surface area (Å²) in [4.78, 5) is 2.59. The van der Waals surface area contributed by atoms with Gasteiger partial charge < -0.3 is 9.47 Å². The molecule has 1 saturated heterocycles. The van der Waals surface area contributed by atoms with Crippen molar-refractivity contribution >= 4 is 0 Å². The van der Waals surface area contributed by atoms with Crippen molar-refractivity contribution in [1.82, 2.24) is 4.90 Å². The largest absolute Gasteiger partial charge is 0.381 e. The van der Waals surface area contributed by atoms with E-state index < -0.39 is 0 Å². The second-order valence-electron chi connectivity index (χ2n) is 5.02. The first-order valence-electron chi connectivity index (χ1n) is 6.04. The van der Waals surface area contributed by atoms with Gasteiger partial charge in [0.1, 0.15) is 0 Å². The van der Waals surface area contributed by atoms with Gasteiger partial charge in [-0.3, -0.25) is 4.90 Å². The molecule has 0 spiro atoms. The Kier molecular flexibility index (Phi) is 3.65. The van der Waals surface area contributed by atoms with Crippen molar-refractivity contribution in [1.29, 1.82) is 0 Å². The van der Waals surface area contributed by atoms with Crippen LogP contribution in [0.3, 0.4) is 0 Å². The van der Waals surface area contributed by atoms with Crippen LogP contribution in [-0.2, 0) is 9.47 Å². The van der Waals surface area contributed by atoms with E-state index in [1.54, 1.807) is 0 Å². The zero-order chi connectivity index (χ0) is 10.8. The standard InChI is InChI=1S/C12H23NO2/c1-9-4-5-13(8-12(9)15-3)10-6-11(7-10)14-2/h9-12H,4-8H2,1-3H3/t9-,10?,11?,12+/m1/s1. The number of hydrogen-bond acceptors (Lipinski definition) is 3. The van der Waals surface area contributed by atoms with Crippen molar-refractivity contribution in [3.05, 3.63) is 0 Å². The highest BCUT2D eigenvalue weighted by Crippen LogP contribution is 2.31. The Hall–Kier alpha value is -0.120. The van der Waals surface area contributed by atoms with Crippen LogP contribution < -0.4 is 0 Å². The van der Waals surface area contributed by atoms with Gasteiger partial charge in [-0.1, -0.05) is 6.92 Å².